The Balaban J connectivity index is 2.28. The van der Waals surface area contributed by atoms with Crippen LogP contribution in [-0.2, 0) is 13.0 Å². The van der Waals surface area contributed by atoms with Crippen molar-refractivity contribution < 1.29 is 9.94 Å². The zero-order valence-electron chi connectivity index (χ0n) is 13.1. The maximum atomic E-state index is 12.6. The van der Waals surface area contributed by atoms with Gasteiger partial charge >= 0.3 is 0 Å². The molecular weight excluding hydrogens is 306 g/mol. The molecule has 1 N–H and O–H groups in total. The van der Waals surface area contributed by atoms with Crippen LogP contribution in [0.1, 0.15) is 5.56 Å². The predicted molar refractivity (Wildman–Crippen MR) is 89.0 cm³/mol. The van der Waals surface area contributed by atoms with E-state index in [1.807, 2.05) is 42.5 Å². The fourth-order valence-corrected chi connectivity index (χ4v) is 3.24. The molecule has 0 spiro atoms. The van der Waals surface area contributed by atoms with E-state index in [9.17, 15) is 10.0 Å². The molecule has 0 bridgehead atoms. The molecule has 0 aliphatic carbocycles. The standard InChI is InChI=1S/C18H15N3O3/c1-24-13-9-12-7-8-21-16(12)14(10-13)15(11-5-3-2-4-6-11)19-17(20-23)18(21)22/h2-6,9-10,23H,7-8H2,1H3. The van der Waals surface area contributed by atoms with Crippen LogP contribution >= 0.6 is 0 Å². The van der Waals surface area contributed by atoms with Gasteiger partial charge in [-0.05, 0) is 24.1 Å². The number of aryl methyl sites for hydroxylation is 2. The van der Waals surface area contributed by atoms with Crippen molar-refractivity contribution in [3.05, 3.63) is 63.9 Å². The van der Waals surface area contributed by atoms with Crippen LogP contribution in [0, 0.1) is 0 Å². The number of ether oxygens (including phenoxy) is 1. The summed E-state index contributed by atoms with van der Waals surface area (Å²) in [5, 5.41) is 13.2. The van der Waals surface area contributed by atoms with Gasteiger partial charge in [0.15, 0.2) is 0 Å². The molecule has 6 heteroatoms. The highest BCUT2D eigenvalue weighted by atomic mass is 16.5. The summed E-state index contributed by atoms with van der Waals surface area (Å²) in [4.78, 5) is 17.0. The minimum absolute atomic E-state index is 0.211. The predicted octanol–water partition coefficient (Wildman–Crippen LogP) is 1.92. The van der Waals surface area contributed by atoms with Crippen LogP contribution in [0.4, 0.5) is 0 Å². The Bertz CT molecular complexity index is 1070. The van der Waals surface area contributed by atoms with Crippen molar-refractivity contribution in [2.75, 3.05) is 7.11 Å². The van der Waals surface area contributed by atoms with Gasteiger partial charge in [-0.25, -0.2) is 4.98 Å². The van der Waals surface area contributed by atoms with Crippen molar-refractivity contribution in [1.82, 2.24) is 9.55 Å². The Morgan fingerprint density at radius 2 is 2.04 bits per heavy atom. The Hall–Kier alpha value is -3.15. The van der Waals surface area contributed by atoms with Crippen molar-refractivity contribution in [2.45, 2.75) is 13.0 Å². The van der Waals surface area contributed by atoms with Crippen molar-refractivity contribution in [3.63, 3.8) is 0 Å². The lowest BCUT2D eigenvalue weighted by Gasteiger charge is -2.07. The molecule has 0 amide bonds. The summed E-state index contributed by atoms with van der Waals surface area (Å²) in [6.45, 7) is 0.533. The summed E-state index contributed by atoms with van der Waals surface area (Å²) in [6, 6.07) is 13.3. The molecule has 0 radical (unpaired) electrons. The maximum Gasteiger partial charge on any atom is 0.299 e. The van der Waals surface area contributed by atoms with Gasteiger partial charge in [0.25, 0.3) is 11.0 Å². The Morgan fingerprint density at radius 3 is 2.75 bits per heavy atom. The number of nitrogens with zero attached hydrogens (tertiary/aromatic N) is 3. The molecule has 6 nitrogen and oxygen atoms in total. The normalized spacial score (nSPS) is 13.5. The van der Waals surface area contributed by atoms with Gasteiger partial charge in [0.2, 0.25) is 0 Å². The van der Waals surface area contributed by atoms with Gasteiger partial charge in [-0.3, -0.25) is 4.79 Å². The van der Waals surface area contributed by atoms with Gasteiger partial charge in [0, 0.05) is 17.5 Å². The van der Waals surface area contributed by atoms with Crippen LogP contribution in [0.2, 0.25) is 0 Å². The van der Waals surface area contributed by atoms with E-state index in [4.69, 9.17) is 4.74 Å². The van der Waals surface area contributed by atoms with E-state index in [0.29, 0.717) is 18.0 Å². The Morgan fingerprint density at radius 1 is 1.25 bits per heavy atom. The summed E-state index contributed by atoms with van der Waals surface area (Å²) < 4.78 is 7.03. The molecule has 0 saturated heterocycles. The van der Waals surface area contributed by atoms with Crippen molar-refractivity contribution in [2.24, 2.45) is 5.16 Å². The van der Waals surface area contributed by atoms with Gasteiger partial charge in [-0.15, -0.1) is 0 Å². The van der Waals surface area contributed by atoms with Crippen LogP contribution in [0.5, 0.6) is 5.75 Å². The highest BCUT2D eigenvalue weighted by Gasteiger charge is 2.20. The number of aromatic nitrogens is 2. The van der Waals surface area contributed by atoms with Crippen LogP contribution in [0.3, 0.4) is 0 Å². The Kier molecular flexibility index (Phi) is 3.30. The summed E-state index contributed by atoms with van der Waals surface area (Å²) in [5.74, 6) is 0.714. The van der Waals surface area contributed by atoms with Crippen molar-refractivity contribution in [1.29, 1.82) is 0 Å². The lowest BCUT2D eigenvalue weighted by atomic mass is 10.0. The lowest BCUT2D eigenvalue weighted by molar-refractivity contribution is 0.297. The number of hydrogen-bond acceptors (Lipinski definition) is 5. The second-order valence-electron chi connectivity index (χ2n) is 5.64. The van der Waals surface area contributed by atoms with E-state index in [1.165, 1.54) is 0 Å². The second-order valence-corrected chi connectivity index (χ2v) is 5.64. The summed E-state index contributed by atoms with van der Waals surface area (Å²) >= 11 is 0. The first-order chi connectivity index (χ1) is 11.7. The fourth-order valence-electron chi connectivity index (χ4n) is 3.24. The quantitative estimate of drug-likeness (QED) is 0.578. The number of hydrogen-bond donors (Lipinski definition) is 1. The van der Waals surface area contributed by atoms with E-state index < -0.39 is 5.56 Å². The summed E-state index contributed by atoms with van der Waals surface area (Å²) in [7, 11) is 1.61. The van der Waals surface area contributed by atoms with Crippen LogP contribution in [0.25, 0.3) is 22.2 Å². The zero-order chi connectivity index (χ0) is 16.7. The molecule has 1 aromatic heterocycles. The first kappa shape index (κ1) is 14.4. The van der Waals surface area contributed by atoms with Gasteiger partial charge in [0.1, 0.15) is 5.75 Å². The average Bonchev–Trinajstić information content (AvgIpc) is 3.01. The average molecular weight is 321 g/mol. The van der Waals surface area contributed by atoms with Gasteiger partial charge in [-0.2, -0.15) is 0 Å². The molecule has 24 heavy (non-hydrogen) atoms. The third kappa shape index (κ3) is 2.07. The van der Waals surface area contributed by atoms with E-state index in [-0.39, 0.29) is 5.49 Å². The highest BCUT2D eigenvalue weighted by Crippen LogP contribution is 2.33. The molecule has 3 aromatic rings. The molecule has 0 unspecified atom stereocenters. The third-order valence-corrected chi connectivity index (χ3v) is 4.32. The molecule has 1 aliphatic heterocycles. The topological polar surface area (TPSA) is 76.7 Å². The first-order valence-corrected chi connectivity index (χ1v) is 7.62. The van der Waals surface area contributed by atoms with Gasteiger partial charge in [0.05, 0.1) is 18.3 Å². The number of rotatable bonds is 2. The lowest BCUT2D eigenvalue weighted by Crippen LogP contribution is -2.33. The minimum atomic E-state index is -0.395. The van der Waals surface area contributed by atoms with Gasteiger partial charge in [-0.1, -0.05) is 35.5 Å². The van der Waals surface area contributed by atoms with E-state index in [0.717, 1.165) is 28.5 Å². The second kappa shape index (κ2) is 5.49. The van der Waals surface area contributed by atoms with Crippen LogP contribution in [0.15, 0.2) is 52.4 Å². The fraction of sp³-hybridized carbons (Fsp3) is 0.167. The van der Waals surface area contributed by atoms with E-state index in [1.54, 1.807) is 11.7 Å². The smallest absolute Gasteiger partial charge is 0.299 e. The molecular formula is C18H15N3O3. The van der Waals surface area contributed by atoms with E-state index in [2.05, 4.69) is 10.1 Å². The third-order valence-electron chi connectivity index (χ3n) is 4.32. The molecule has 120 valence electrons. The summed E-state index contributed by atoms with van der Waals surface area (Å²) in [6.07, 6.45) is 0.728. The SMILES string of the molecule is COc1cc2c3c(c1)c(-c1ccccc1)nc(=NO)c(=O)n3CC2. The molecule has 0 saturated carbocycles. The van der Waals surface area contributed by atoms with Crippen LogP contribution in [-0.4, -0.2) is 21.9 Å². The number of benzene rings is 2. The maximum absolute atomic E-state index is 12.6. The van der Waals surface area contributed by atoms with E-state index >= 15 is 0 Å². The highest BCUT2D eigenvalue weighted by molar-refractivity contribution is 5.95. The number of methoxy groups -OCH3 is 1. The monoisotopic (exact) mass is 321 g/mol. The van der Waals surface area contributed by atoms with Crippen molar-refractivity contribution >= 4 is 10.9 Å². The molecule has 1 aliphatic rings. The molecule has 2 aromatic carbocycles. The van der Waals surface area contributed by atoms with Crippen LogP contribution < -0.4 is 15.8 Å². The van der Waals surface area contributed by atoms with Gasteiger partial charge < -0.3 is 14.5 Å². The summed E-state index contributed by atoms with van der Waals surface area (Å²) in [5.41, 5.74) is 2.68. The van der Waals surface area contributed by atoms with Crippen molar-refractivity contribution in [3.8, 4) is 17.0 Å². The molecule has 4 rings (SSSR count). The minimum Gasteiger partial charge on any atom is -0.497 e. The first-order valence-electron chi connectivity index (χ1n) is 7.62. The molecule has 0 atom stereocenters. The molecule has 2 heterocycles. The zero-order valence-corrected chi connectivity index (χ0v) is 13.1. The Labute approximate surface area is 137 Å². The molecule has 0 fully saturated rings. The largest absolute Gasteiger partial charge is 0.497 e.